The summed E-state index contributed by atoms with van der Waals surface area (Å²) in [7, 11) is 1.52. The Morgan fingerprint density at radius 1 is 1.08 bits per heavy atom. The number of aliphatic hydroxyl groups excluding tert-OH is 2. The van der Waals surface area contributed by atoms with Crippen LogP contribution in [-0.4, -0.2) is 50.9 Å². The molecule has 10 nitrogen and oxygen atoms in total. The van der Waals surface area contributed by atoms with Gasteiger partial charge in [0.05, 0.1) is 5.69 Å². The van der Waals surface area contributed by atoms with Crippen LogP contribution in [0.25, 0.3) is 11.1 Å². The number of rotatable bonds is 13. The predicted molar refractivity (Wildman–Crippen MR) is 141 cm³/mol. The van der Waals surface area contributed by atoms with E-state index < -0.39 is 37.1 Å². The van der Waals surface area contributed by atoms with Gasteiger partial charge >= 0.3 is 11.9 Å². The maximum absolute atomic E-state index is 12.3. The van der Waals surface area contributed by atoms with E-state index in [1.165, 1.54) is 17.8 Å². The number of benzene rings is 2. The van der Waals surface area contributed by atoms with Crippen molar-refractivity contribution in [3.8, 4) is 11.1 Å². The zero-order chi connectivity index (χ0) is 27.7. The van der Waals surface area contributed by atoms with E-state index in [2.05, 4.69) is 10.4 Å². The number of esters is 2. The van der Waals surface area contributed by atoms with E-state index in [1.807, 2.05) is 49.4 Å². The van der Waals surface area contributed by atoms with Gasteiger partial charge in [0.2, 0.25) is 6.79 Å². The van der Waals surface area contributed by atoms with Gasteiger partial charge in [0.25, 0.3) is 5.56 Å². The molecule has 3 rings (SSSR count). The van der Waals surface area contributed by atoms with Crippen LogP contribution >= 0.6 is 11.6 Å². The molecule has 0 spiro atoms. The molecule has 1 aromatic heterocycles. The van der Waals surface area contributed by atoms with E-state index in [9.17, 15) is 24.6 Å². The minimum atomic E-state index is -1.55. The third kappa shape index (κ3) is 8.56. The smallest absolute Gasteiger partial charge is 0.337 e. The van der Waals surface area contributed by atoms with Gasteiger partial charge in [0, 0.05) is 30.6 Å². The number of hydrogen-bond acceptors (Lipinski definition) is 8. The monoisotopic (exact) mass is 545 g/mol. The molecule has 2 aromatic carbocycles. The summed E-state index contributed by atoms with van der Waals surface area (Å²) in [4.78, 5) is 35.5. The molecule has 0 aliphatic heterocycles. The van der Waals surface area contributed by atoms with Crippen LogP contribution in [0.4, 0.5) is 0 Å². The molecule has 0 aliphatic carbocycles. The van der Waals surface area contributed by atoms with E-state index in [-0.39, 0.29) is 24.1 Å². The molecule has 0 bridgehead atoms. The first-order chi connectivity index (χ1) is 18.2. The number of carbonyl (C=O) groups is 2. The second-order valence-electron chi connectivity index (χ2n) is 8.89. The molecule has 204 valence electrons. The normalized spacial score (nSPS) is 13.5. The second-order valence-corrected chi connectivity index (χ2v) is 9.32. The quantitative estimate of drug-likeness (QED) is 0.190. The molecular formula is C27H32ClN3O7. The van der Waals surface area contributed by atoms with Crippen molar-refractivity contribution in [2.75, 3.05) is 6.79 Å². The zero-order valence-corrected chi connectivity index (χ0v) is 22.0. The molecule has 0 aliphatic rings. The molecule has 0 saturated heterocycles. The third-order valence-corrected chi connectivity index (χ3v) is 6.08. The number of aliphatic hydroxyl groups is 2. The van der Waals surface area contributed by atoms with Crippen LogP contribution in [0.2, 0.25) is 5.02 Å². The van der Waals surface area contributed by atoms with Crippen molar-refractivity contribution in [3.63, 3.8) is 0 Å². The standard InChI is InChI=1S/C27H32ClN3O7/c1-3-5-25(34)37-16-38-27(36)23(32)14-21(29-26(35)22-15-24(33)31(2)30-22)12-17-8-10-18(11-9-17)19-6-4-7-20(28)13-19/h4,6-11,13,15,21,23,26,29-30,32,35H,3,5,12,14,16H2,1-2H3/t21-,23-,26?/m1/s1. The second kappa shape index (κ2) is 13.9. The molecule has 1 heterocycles. The van der Waals surface area contributed by atoms with Gasteiger partial charge < -0.3 is 19.7 Å². The average Bonchev–Trinajstić information content (AvgIpc) is 3.22. The molecule has 1 unspecified atom stereocenters. The molecule has 0 saturated carbocycles. The number of aromatic nitrogens is 2. The van der Waals surface area contributed by atoms with Crippen LogP contribution in [0, 0.1) is 0 Å². The number of aromatic amines is 1. The number of halogens is 1. The van der Waals surface area contributed by atoms with Crippen molar-refractivity contribution in [2.24, 2.45) is 7.05 Å². The molecule has 0 radical (unpaired) electrons. The van der Waals surface area contributed by atoms with Crippen LogP contribution in [0.5, 0.6) is 0 Å². The molecule has 38 heavy (non-hydrogen) atoms. The summed E-state index contributed by atoms with van der Waals surface area (Å²) in [5, 5.41) is 27.5. The summed E-state index contributed by atoms with van der Waals surface area (Å²) >= 11 is 6.10. The largest absolute Gasteiger partial charge is 0.428 e. The molecule has 11 heteroatoms. The molecular weight excluding hydrogens is 514 g/mol. The molecule has 3 atom stereocenters. The van der Waals surface area contributed by atoms with Crippen LogP contribution < -0.4 is 10.9 Å². The first-order valence-electron chi connectivity index (χ1n) is 12.2. The number of H-pyrrole nitrogens is 1. The maximum atomic E-state index is 12.3. The van der Waals surface area contributed by atoms with Gasteiger partial charge in [-0.1, -0.05) is 54.9 Å². The number of aryl methyl sites for hydroxylation is 1. The minimum absolute atomic E-state index is 0.119. The summed E-state index contributed by atoms with van der Waals surface area (Å²) in [6, 6.07) is 15.8. The number of nitrogens with one attached hydrogen (secondary N) is 2. The van der Waals surface area contributed by atoms with Crippen LogP contribution in [0.15, 0.2) is 59.4 Å². The summed E-state index contributed by atoms with van der Waals surface area (Å²) < 4.78 is 10.9. The fourth-order valence-electron chi connectivity index (χ4n) is 3.85. The molecule has 3 aromatic rings. The van der Waals surface area contributed by atoms with E-state index in [0.717, 1.165) is 16.7 Å². The lowest BCUT2D eigenvalue weighted by Gasteiger charge is -2.24. The van der Waals surface area contributed by atoms with Gasteiger partial charge in [-0.2, -0.15) is 0 Å². The van der Waals surface area contributed by atoms with Crippen molar-refractivity contribution >= 4 is 23.5 Å². The number of ether oxygens (including phenoxy) is 2. The van der Waals surface area contributed by atoms with Crippen LogP contribution in [0.3, 0.4) is 0 Å². The predicted octanol–water partition coefficient (Wildman–Crippen LogP) is 2.82. The number of hydrogen-bond donors (Lipinski definition) is 4. The zero-order valence-electron chi connectivity index (χ0n) is 21.2. The van der Waals surface area contributed by atoms with Crippen LogP contribution in [0.1, 0.15) is 43.7 Å². The average molecular weight is 546 g/mol. The van der Waals surface area contributed by atoms with Gasteiger partial charge in [-0.25, -0.2) is 4.79 Å². The highest BCUT2D eigenvalue weighted by atomic mass is 35.5. The van der Waals surface area contributed by atoms with Gasteiger partial charge in [0.1, 0.15) is 6.23 Å². The Hall–Kier alpha value is -3.44. The first-order valence-corrected chi connectivity index (χ1v) is 12.6. The molecule has 0 amide bonds. The molecule has 4 N–H and O–H groups in total. The lowest BCUT2D eigenvalue weighted by Crippen LogP contribution is -2.40. The van der Waals surface area contributed by atoms with E-state index >= 15 is 0 Å². The highest BCUT2D eigenvalue weighted by molar-refractivity contribution is 6.30. The topological polar surface area (TPSA) is 143 Å². The van der Waals surface area contributed by atoms with Gasteiger partial charge in [-0.3, -0.25) is 24.7 Å². The number of carbonyl (C=O) groups excluding carboxylic acids is 2. The fraction of sp³-hybridized carbons (Fsp3) is 0.370. The molecule has 0 fully saturated rings. The minimum Gasteiger partial charge on any atom is -0.428 e. The summed E-state index contributed by atoms with van der Waals surface area (Å²) in [5.41, 5.74) is 2.70. The fourth-order valence-corrected chi connectivity index (χ4v) is 4.04. The lowest BCUT2D eigenvalue weighted by atomic mass is 9.97. The SMILES string of the molecule is CCCC(=O)OCOC(=O)[C@H](O)C[C@@H](Cc1ccc(-c2cccc(Cl)c2)cc1)NC(O)c1cc(=O)n(C)[nH]1. The van der Waals surface area contributed by atoms with Crippen molar-refractivity contribution in [1.82, 2.24) is 15.1 Å². The summed E-state index contributed by atoms with van der Waals surface area (Å²) in [6.07, 6.45) is -1.81. The van der Waals surface area contributed by atoms with E-state index in [4.69, 9.17) is 21.1 Å². The maximum Gasteiger partial charge on any atom is 0.337 e. The van der Waals surface area contributed by atoms with Crippen molar-refractivity contribution in [3.05, 3.63) is 81.2 Å². The number of nitrogens with zero attached hydrogens (tertiary/aromatic N) is 1. The lowest BCUT2D eigenvalue weighted by molar-refractivity contribution is -0.173. The Morgan fingerprint density at radius 3 is 2.45 bits per heavy atom. The summed E-state index contributed by atoms with van der Waals surface area (Å²) in [5.74, 6) is -1.46. The van der Waals surface area contributed by atoms with Crippen molar-refractivity contribution < 1.29 is 29.3 Å². The third-order valence-electron chi connectivity index (χ3n) is 5.84. The van der Waals surface area contributed by atoms with Crippen molar-refractivity contribution in [1.29, 1.82) is 0 Å². The Balaban J connectivity index is 1.69. The highest BCUT2D eigenvalue weighted by Gasteiger charge is 2.25. The van der Waals surface area contributed by atoms with Gasteiger partial charge in [-0.15, -0.1) is 0 Å². The Morgan fingerprint density at radius 2 is 1.82 bits per heavy atom. The first kappa shape index (κ1) is 29.1. The Labute approximate surface area is 225 Å². The van der Waals surface area contributed by atoms with E-state index in [0.29, 0.717) is 17.9 Å². The van der Waals surface area contributed by atoms with E-state index in [1.54, 1.807) is 6.07 Å². The van der Waals surface area contributed by atoms with Crippen LogP contribution in [-0.2, 0) is 32.5 Å². The van der Waals surface area contributed by atoms with Gasteiger partial charge in [0.15, 0.2) is 6.10 Å². The summed E-state index contributed by atoms with van der Waals surface area (Å²) in [6.45, 7) is 1.22. The van der Waals surface area contributed by atoms with Crippen molar-refractivity contribution in [2.45, 2.75) is 51.0 Å². The Bertz CT molecular complexity index is 1270. The highest BCUT2D eigenvalue weighted by Crippen LogP contribution is 2.24. The van der Waals surface area contributed by atoms with Gasteiger partial charge in [-0.05, 0) is 48.1 Å². The Kier molecular flexibility index (Phi) is 10.7.